The Kier molecular flexibility index (Phi) is 4.42. The minimum Gasteiger partial charge on any atom is -0.492 e. The zero-order chi connectivity index (χ0) is 11.9. The molecule has 17 heavy (non-hydrogen) atoms. The largest absolute Gasteiger partial charge is 0.492 e. The minimum atomic E-state index is 0.683. The van der Waals surface area contributed by atoms with Crippen LogP contribution in [0.5, 0.6) is 5.75 Å². The van der Waals surface area contributed by atoms with Crippen LogP contribution in [0.25, 0.3) is 0 Å². The highest BCUT2D eigenvalue weighted by Crippen LogP contribution is 2.11. The van der Waals surface area contributed by atoms with E-state index in [1.807, 2.05) is 12.1 Å². The molecule has 1 aliphatic rings. The second kappa shape index (κ2) is 6.28. The van der Waals surface area contributed by atoms with Crippen molar-refractivity contribution in [2.45, 2.75) is 26.2 Å². The zero-order valence-electron chi connectivity index (χ0n) is 10.4. The number of hydrogen-bond donors (Lipinski definition) is 1. The molecule has 2 rings (SSSR count). The molecule has 0 aliphatic carbocycles. The number of aryl methyl sites for hydroxylation is 1. The molecule has 1 aromatic carbocycles. The van der Waals surface area contributed by atoms with Crippen molar-refractivity contribution in [2.24, 2.45) is 4.99 Å². The lowest BCUT2D eigenvalue weighted by Gasteiger charge is -2.14. The second-order valence-corrected chi connectivity index (χ2v) is 4.38. The van der Waals surface area contributed by atoms with Gasteiger partial charge in [0.1, 0.15) is 12.4 Å². The van der Waals surface area contributed by atoms with Gasteiger partial charge >= 0.3 is 0 Å². The molecule has 0 saturated carbocycles. The van der Waals surface area contributed by atoms with E-state index in [0.717, 1.165) is 31.1 Å². The van der Waals surface area contributed by atoms with Crippen LogP contribution < -0.4 is 10.1 Å². The number of amidine groups is 1. The fourth-order valence-corrected chi connectivity index (χ4v) is 1.91. The Labute approximate surface area is 103 Å². The predicted octanol–water partition coefficient (Wildman–Crippen LogP) is 2.55. The van der Waals surface area contributed by atoms with Gasteiger partial charge in [0.2, 0.25) is 0 Å². The molecule has 1 heterocycles. The highest BCUT2D eigenvalue weighted by atomic mass is 16.5. The van der Waals surface area contributed by atoms with E-state index in [0.29, 0.717) is 6.61 Å². The summed E-state index contributed by atoms with van der Waals surface area (Å²) >= 11 is 0. The highest BCUT2D eigenvalue weighted by molar-refractivity contribution is 5.82. The maximum atomic E-state index is 5.66. The van der Waals surface area contributed by atoms with Crippen LogP contribution in [0.1, 0.15) is 24.8 Å². The molecule has 3 nitrogen and oxygen atoms in total. The van der Waals surface area contributed by atoms with E-state index in [2.05, 4.69) is 29.4 Å². The van der Waals surface area contributed by atoms with Crippen molar-refractivity contribution < 1.29 is 4.74 Å². The van der Waals surface area contributed by atoms with Crippen molar-refractivity contribution in [1.29, 1.82) is 0 Å². The maximum absolute atomic E-state index is 5.66. The third kappa shape index (κ3) is 4.10. The van der Waals surface area contributed by atoms with Gasteiger partial charge in [0.05, 0.1) is 12.4 Å². The van der Waals surface area contributed by atoms with E-state index >= 15 is 0 Å². The van der Waals surface area contributed by atoms with E-state index in [1.54, 1.807) is 0 Å². The molecule has 1 aromatic rings. The van der Waals surface area contributed by atoms with Gasteiger partial charge in [0, 0.05) is 13.0 Å². The number of hydrogen-bond acceptors (Lipinski definition) is 3. The third-order valence-corrected chi connectivity index (χ3v) is 2.81. The van der Waals surface area contributed by atoms with Gasteiger partial charge in [-0.25, -0.2) is 0 Å². The summed E-state index contributed by atoms with van der Waals surface area (Å²) in [4.78, 5) is 4.44. The summed E-state index contributed by atoms with van der Waals surface area (Å²) in [6.45, 7) is 4.55. The molecule has 92 valence electrons. The topological polar surface area (TPSA) is 33.6 Å². The van der Waals surface area contributed by atoms with Gasteiger partial charge in [0.25, 0.3) is 0 Å². The lowest BCUT2D eigenvalue weighted by Crippen LogP contribution is -2.29. The first-order valence-corrected chi connectivity index (χ1v) is 6.31. The Morgan fingerprint density at radius 3 is 3.06 bits per heavy atom. The van der Waals surface area contributed by atoms with Gasteiger partial charge in [-0.05, 0) is 37.5 Å². The molecule has 0 radical (unpaired) electrons. The molecule has 0 fully saturated rings. The number of nitrogens with one attached hydrogen (secondary N) is 1. The van der Waals surface area contributed by atoms with Gasteiger partial charge in [-0.1, -0.05) is 12.1 Å². The Bertz CT molecular complexity index is 388. The summed E-state index contributed by atoms with van der Waals surface area (Å²) in [6.07, 6.45) is 3.57. The average molecular weight is 232 g/mol. The smallest absolute Gasteiger partial charge is 0.119 e. The molecular weight excluding hydrogens is 212 g/mol. The molecule has 3 heteroatoms. The molecule has 1 aliphatic heterocycles. The molecule has 1 N–H and O–H groups in total. The number of nitrogens with zero attached hydrogens (tertiary/aromatic N) is 1. The normalized spacial score (nSPS) is 15.2. The zero-order valence-corrected chi connectivity index (χ0v) is 10.4. The van der Waals surface area contributed by atoms with Crippen LogP contribution in [0.15, 0.2) is 29.3 Å². The van der Waals surface area contributed by atoms with E-state index in [4.69, 9.17) is 4.74 Å². The number of benzene rings is 1. The molecule has 0 saturated heterocycles. The summed E-state index contributed by atoms with van der Waals surface area (Å²) in [5.41, 5.74) is 1.23. The molecule has 0 unspecified atom stereocenters. The molecule has 0 spiro atoms. The third-order valence-electron chi connectivity index (χ3n) is 2.81. The second-order valence-electron chi connectivity index (χ2n) is 4.38. The van der Waals surface area contributed by atoms with E-state index in [-0.39, 0.29) is 0 Å². The standard InChI is InChI=1S/C14H20N2O/c1-12-5-4-6-13(11-12)17-10-9-16-14-7-2-3-8-15-14/h4-6,11H,2-3,7-10H2,1H3,(H,15,16). The van der Waals surface area contributed by atoms with Crippen molar-refractivity contribution in [2.75, 3.05) is 19.7 Å². The minimum absolute atomic E-state index is 0.683. The van der Waals surface area contributed by atoms with E-state index in [1.165, 1.54) is 18.4 Å². The SMILES string of the molecule is Cc1cccc(OCCNC2=NCCCC2)c1. The van der Waals surface area contributed by atoms with Crippen LogP contribution in [0.3, 0.4) is 0 Å². The van der Waals surface area contributed by atoms with Gasteiger partial charge in [-0.2, -0.15) is 0 Å². The van der Waals surface area contributed by atoms with Crippen molar-refractivity contribution in [1.82, 2.24) is 5.32 Å². The molecular formula is C14H20N2O. The lowest BCUT2D eigenvalue weighted by atomic mass is 10.2. The van der Waals surface area contributed by atoms with Gasteiger partial charge < -0.3 is 10.1 Å². The molecule has 0 aromatic heterocycles. The first-order valence-electron chi connectivity index (χ1n) is 6.31. The van der Waals surface area contributed by atoms with Crippen LogP contribution in [-0.2, 0) is 0 Å². The number of ether oxygens (including phenoxy) is 1. The summed E-state index contributed by atoms with van der Waals surface area (Å²) in [6, 6.07) is 8.13. The first-order chi connectivity index (χ1) is 8.34. The van der Waals surface area contributed by atoms with Crippen molar-refractivity contribution >= 4 is 5.84 Å². The van der Waals surface area contributed by atoms with Gasteiger partial charge in [0.15, 0.2) is 0 Å². The van der Waals surface area contributed by atoms with Crippen LogP contribution >= 0.6 is 0 Å². The molecule has 0 atom stereocenters. The van der Waals surface area contributed by atoms with Crippen LogP contribution in [0.2, 0.25) is 0 Å². The van der Waals surface area contributed by atoms with Crippen molar-refractivity contribution in [3.05, 3.63) is 29.8 Å². The summed E-state index contributed by atoms with van der Waals surface area (Å²) in [7, 11) is 0. The predicted molar refractivity (Wildman–Crippen MR) is 70.8 cm³/mol. The Morgan fingerprint density at radius 1 is 1.35 bits per heavy atom. The summed E-state index contributed by atoms with van der Waals surface area (Å²) in [5, 5.41) is 3.33. The van der Waals surface area contributed by atoms with Crippen molar-refractivity contribution in [3.63, 3.8) is 0 Å². The number of rotatable bonds is 4. The van der Waals surface area contributed by atoms with Gasteiger partial charge in [-0.15, -0.1) is 0 Å². The molecule has 0 amide bonds. The molecule has 0 bridgehead atoms. The Balaban J connectivity index is 1.67. The van der Waals surface area contributed by atoms with Gasteiger partial charge in [-0.3, -0.25) is 4.99 Å². The van der Waals surface area contributed by atoms with E-state index in [9.17, 15) is 0 Å². The Morgan fingerprint density at radius 2 is 2.29 bits per heavy atom. The van der Waals surface area contributed by atoms with E-state index < -0.39 is 0 Å². The highest BCUT2D eigenvalue weighted by Gasteiger charge is 2.03. The number of aliphatic imine (C=N–C) groups is 1. The summed E-state index contributed by atoms with van der Waals surface area (Å²) < 4.78 is 5.66. The maximum Gasteiger partial charge on any atom is 0.119 e. The quantitative estimate of drug-likeness (QED) is 0.809. The van der Waals surface area contributed by atoms with Crippen LogP contribution in [0, 0.1) is 6.92 Å². The monoisotopic (exact) mass is 232 g/mol. The average Bonchev–Trinajstić information content (AvgIpc) is 2.36. The fourth-order valence-electron chi connectivity index (χ4n) is 1.91. The summed E-state index contributed by atoms with van der Waals surface area (Å²) in [5.74, 6) is 2.08. The van der Waals surface area contributed by atoms with Crippen LogP contribution in [-0.4, -0.2) is 25.5 Å². The van der Waals surface area contributed by atoms with Crippen LogP contribution in [0.4, 0.5) is 0 Å². The first kappa shape index (κ1) is 12.0. The van der Waals surface area contributed by atoms with Crippen molar-refractivity contribution in [3.8, 4) is 5.75 Å². The Hall–Kier alpha value is -1.51. The lowest BCUT2D eigenvalue weighted by molar-refractivity contribution is 0.321. The fraction of sp³-hybridized carbons (Fsp3) is 0.500.